The maximum atomic E-state index is 8.25. The summed E-state index contributed by atoms with van der Waals surface area (Å²) in [6.45, 7) is 3.96. The molecule has 0 spiro atoms. The van der Waals surface area contributed by atoms with Gasteiger partial charge in [-0.2, -0.15) is 5.26 Å². The van der Waals surface area contributed by atoms with Crippen LogP contribution in [0.5, 0.6) is 0 Å². The van der Waals surface area contributed by atoms with Gasteiger partial charge in [-0.1, -0.05) is 0 Å². The molecule has 0 saturated carbocycles. The molecule has 0 fully saturated rings. The fourth-order valence-corrected chi connectivity index (χ4v) is 1.41. The van der Waals surface area contributed by atoms with E-state index in [4.69, 9.17) is 24.8 Å². The van der Waals surface area contributed by atoms with Crippen molar-refractivity contribution >= 4 is 8.38 Å². The Morgan fingerprint density at radius 2 is 1.87 bits per heavy atom. The molecule has 5 nitrogen and oxygen atoms in total. The van der Waals surface area contributed by atoms with Crippen LogP contribution in [-0.2, 0) is 13.8 Å². The van der Waals surface area contributed by atoms with Gasteiger partial charge in [-0.05, 0) is 0 Å². The molecule has 1 atom stereocenters. The fraction of sp³-hybridized carbons (Fsp3) is 0.875. The molecular weight excluding hydrogens is 470 g/mol. The largest absolute Gasteiger partial charge is 0.676 e. The SMILES string of the molecule is CP(OCCC#N)OCCOCC[NH-].[Rf]. The van der Waals surface area contributed by atoms with Gasteiger partial charge in [-0.3, -0.25) is 0 Å². The first-order valence-electron chi connectivity index (χ1n) is 4.40. The molecule has 0 heterocycles. The van der Waals surface area contributed by atoms with E-state index in [1.54, 1.807) is 0 Å². The summed E-state index contributed by atoms with van der Waals surface area (Å²) in [6.07, 6.45) is 0.394. The van der Waals surface area contributed by atoms with Crippen LogP contribution in [0.4, 0.5) is 0 Å². The van der Waals surface area contributed by atoms with E-state index in [-0.39, 0.29) is 6.54 Å². The van der Waals surface area contributed by atoms with Crippen molar-refractivity contribution < 1.29 is 13.8 Å². The molecular formula is C8H16N2O3PRf-. The topological polar surface area (TPSA) is 75.3 Å². The van der Waals surface area contributed by atoms with Crippen LogP contribution in [0.3, 0.4) is 0 Å². The number of hydrogen-bond donors (Lipinski definition) is 0. The summed E-state index contributed by atoms with van der Waals surface area (Å²) >= 11 is 0. The molecule has 0 saturated heterocycles. The zero-order valence-corrected chi connectivity index (χ0v) is 16.4. The first kappa shape index (κ1) is 16.2. The van der Waals surface area contributed by atoms with Gasteiger partial charge in [0, 0.05) is 13.3 Å². The molecule has 1 unspecified atom stereocenters. The Kier molecular flexibility index (Phi) is 13.8. The molecule has 0 amide bonds. The Morgan fingerprint density at radius 3 is 2.47 bits per heavy atom. The van der Waals surface area contributed by atoms with Crippen molar-refractivity contribution in [2.45, 2.75) is 6.42 Å². The van der Waals surface area contributed by atoms with Gasteiger partial charge >= 0.3 is 0 Å². The van der Waals surface area contributed by atoms with Crippen LogP contribution in [-0.4, -0.2) is 39.6 Å². The summed E-state index contributed by atoms with van der Waals surface area (Å²) in [5.74, 6) is 0. The van der Waals surface area contributed by atoms with Gasteiger partial charge in [0.15, 0.2) is 8.38 Å². The Labute approximate surface area is 86.0 Å². The standard InChI is InChI=1S/C8H16N2O3P.Rf/c1-14(12-5-2-3-9)13-8-7-11-6-4-10;/h10H,2,4-8H2,1H3;/q-1;. The van der Waals surface area contributed by atoms with Gasteiger partial charge in [0.2, 0.25) is 0 Å². The van der Waals surface area contributed by atoms with E-state index in [1.165, 1.54) is 0 Å². The van der Waals surface area contributed by atoms with E-state index in [2.05, 4.69) is 0 Å². The van der Waals surface area contributed by atoms with E-state index in [1.807, 2.05) is 12.7 Å². The Hall–Kier alpha value is -1.24. The van der Waals surface area contributed by atoms with Crippen LogP contribution < -0.4 is 0 Å². The summed E-state index contributed by atoms with van der Waals surface area (Å²) in [5, 5.41) is 8.25. The molecule has 15 heavy (non-hydrogen) atoms. The minimum Gasteiger partial charge on any atom is -0.676 e. The molecule has 0 aliphatic heterocycles. The van der Waals surface area contributed by atoms with Gasteiger partial charge in [0.25, 0.3) is 0 Å². The molecule has 0 aromatic carbocycles. The fourth-order valence-electron chi connectivity index (χ4n) is 0.656. The summed E-state index contributed by atoms with van der Waals surface area (Å²) in [4.78, 5) is 0. The summed E-state index contributed by atoms with van der Waals surface area (Å²) < 4.78 is 15.5. The third-order valence-corrected chi connectivity index (χ3v) is 2.33. The van der Waals surface area contributed by atoms with Crippen LogP contribution in [0.1, 0.15) is 6.42 Å². The smallest absolute Gasteiger partial charge is 0.167 e. The molecule has 84 valence electrons. The van der Waals surface area contributed by atoms with Crippen molar-refractivity contribution in [3.63, 3.8) is 0 Å². The average Bonchev–Trinajstić information content (AvgIpc) is 2.18. The molecule has 0 radical (unpaired) electrons. The van der Waals surface area contributed by atoms with Gasteiger partial charge < -0.3 is 19.5 Å². The monoisotopic (exact) mass is 486 g/mol. The third-order valence-electron chi connectivity index (χ3n) is 1.23. The van der Waals surface area contributed by atoms with Crippen LogP contribution >= 0.6 is 8.38 Å². The summed E-state index contributed by atoms with van der Waals surface area (Å²) in [7, 11) is -0.891. The van der Waals surface area contributed by atoms with Crippen LogP contribution in [0.15, 0.2) is 0 Å². The van der Waals surface area contributed by atoms with Gasteiger partial charge in [0.1, 0.15) is 0 Å². The normalized spacial score (nSPS) is 11.5. The predicted molar refractivity (Wildman–Crippen MR) is 55.0 cm³/mol. The van der Waals surface area contributed by atoms with Gasteiger partial charge in [0.05, 0.1) is 32.3 Å². The number of nitrogens with one attached hydrogen (secondary N) is 1. The second kappa shape index (κ2) is 12.8. The molecule has 1 N–H and O–H groups in total. The molecule has 0 aliphatic rings. The Bertz CT molecular complexity index is 168. The zero-order chi connectivity index (χ0) is 10.6. The first-order chi connectivity index (χ1) is 6.81. The van der Waals surface area contributed by atoms with Crippen molar-refractivity contribution in [1.82, 2.24) is 0 Å². The van der Waals surface area contributed by atoms with Crippen molar-refractivity contribution in [3.05, 3.63) is 5.73 Å². The van der Waals surface area contributed by atoms with E-state index in [9.17, 15) is 0 Å². The maximum absolute atomic E-state index is 8.25. The quantitative estimate of drug-likeness (QED) is 0.369. The molecule has 7 heteroatoms. The van der Waals surface area contributed by atoms with E-state index < -0.39 is 8.38 Å². The number of rotatable bonds is 9. The van der Waals surface area contributed by atoms with Crippen molar-refractivity contribution in [2.24, 2.45) is 0 Å². The Balaban J connectivity index is 0. The molecule has 0 rings (SSSR count). The van der Waals surface area contributed by atoms with Crippen molar-refractivity contribution in [1.29, 1.82) is 5.26 Å². The molecule has 0 aliphatic carbocycles. The number of nitriles is 1. The van der Waals surface area contributed by atoms with E-state index in [0.29, 0.717) is 32.8 Å². The molecule has 0 aromatic rings. The maximum Gasteiger partial charge on any atom is 0.167 e. The van der Waals surface area contributed by atoms with Crippen LogP contribution in [0.2, 0.25) is 0 Å². The second-order valence-electron chi connectivity index (χ2n) is 2.38. The van der Waals surface area contributed by atoms with Gasteiger partial charge in [-0.15, -0.1) is 6.54 Å². The van der Waals surface area contributed by atoms with Crippen molar-refractivity contribution in [3.8, 4) is 6.07 Å². The number of ether oxygens (including phenoxy) is 1. The van der Waals surface area contributed by atoms with E-state index >= 15 is 0 Å². The number of nitrogens with zero attached hydrogens (tertiary/aromatic N) is 1. The molecule has 0 aromatic heterocycles. The minimum atomic E-state index is -0.891. The summed E-state index contributed by atoms with van der Waals surface area (Å²) in [5.41, 5.74) is 6.82. The van der Waals surface area contributed by atoms with E-state index in [0.717, 1.165) is 0 Å². The third kappa shape index (κ3) is 12.8. The van der Waals surface area contributed by atoms with Gasteiger partial charge in [-0.25, -0.2) is 0 Å². The second-order valence-corrected chi connectivity index (χ2v) is 3.77. The molecule has 0 bridgehead atoms. The predicted octanol–water partition coefficient (Wildman–Crippen LogP) is 1.94. The van der Waals surface area contributed by atoms with Crippen LogP contribution in [0.25, 0.3) is 5.73 Å². The first-order valence-corrected chi connectivity index (χ1v) is 6.02. The van der Waals surface area contributed by atoms with Crippen molar-refractivity contribution in [2.75, 3.05) is 39.6 Å². The Morgan fingerprint density at radius 1 is 1.20 bits per heavy atom. The average molecular weight is 486 g/mol. The van der Waals surface area contributed by atoms with Crippen LogP contribution in [0, 0.1) is 11.3 Å². The number of hydrogen-bond acceptors (Lipinski definition) is 4. The zero-order valence-electron chi connectivity index (χ0n) is 9.07. The summed E-state index contributed by atoms with van der Waals surface area (Å²) in [6, 6.07) is 1.99. The minimum absolute atomic E-state index is 0.